The molecule has 0 radical (unpaired) electrons. The maximum Gasteiger partial charge on any atom is 0.203 e. The van der Waals surface area contributed by atoms with Gasteiger partial charge >= 0.3 is 0 Å². The van der Waals surface area contributed by atoms with Gasteiger partial charge in [0.15, 0.2) is 0 Å². The molecule has 0 atom stereocenters. The predicted octanol–water partition coefficient (Wildman–Crippen LogP) is 3.53. The molecule has 12 heavy (non-hydrogen) atoms. The Bertz CT molecular complexity index is 103. The topological polar surface area (TPSA) is 9.23 Å². The second-order valence-corrected chi connectivity index (χ2v) is 3.47. The van der Waals surface area contributed by atoms with Crippen molar-refractivity contribution in [1.29, 1.82) is 0 Å². The normalized spacial score (nSPS) is 17.8. The number of halogens is 1. The van der Waals surface area contributed by atoms with Crippen LogP contribution in [0.5, 0.6) is 0 Å². The van der Waals surface area contributed by atoms with Crippen molar-refractivity contribution in [3.05, 3.63) is 0 Å². The van der Waals surface area contributed by atoms with Crippen LogP contribution in [0.1, 0.15) is 47.0 Å². The largest absolute Gasteiger partial charge is 0.346 e. The van der Waals surface area contributed by atoms with Gasteiger partial charge in [-0.1, -0.05) is 20.3 Å². The molecule has 1 rings (SSSR count). The molecule has 0 saturated heterocycles. The Morgan fingerprint density at radius 2 is 1.83 bits per heavy atom. The third-order valence-electron chi connectivity index (χ3n) is 1.89. The zero-order chi connectivity index (χ0) is 9.61. The molecule has 0 bridgehead atoms. The Labute approximate surface area is 75.3 Å². The summed E-state index contributed by atoms with van der Waals surface area (Å²) in [4.78, 5) is 0. The van der Waals surface area contributed by atoms with Crippen LogP contribution in [0, 0.1) is 5.92 Å². The molecule has 0 aromatic rings. The van der Waals surface area contributed by atoms with Gasteiger partial charge in [-0.2, -0.15) is 0 Å². The first kappa shape index (κ1) is 11.9. The molecular formula is C10H21FO. The summed E-state index contributed by atoms with van der Waals surface area (Å²) in [6, 6.07) is 0. The maximum absolute atomic E-state index is 12.7. The summed E-state index contributed by atoms with van der Waals surface area (Å²) < 4.78 is 17.7. The molecule has 1 nitrogen and oxygen atoms in total. The summed E-state index contributed by atoms with van der Waals surface area (Å²) in [6.07, 6.45) is 3.73. The van der Waals surface area contributed by atoms with Crippen molar-refractivity contribution in [2.24, 2.45) is 5.92 Å². The average molecular weight is 176 g/mol. The van der Waals surface area contributed by atoms with Gasteiger partial charge in [0, 0.05) is 0 Å². The smallest absolute Gasteiger partial charge is 0.203 e. The first-order chi connectivity index (χ1) is 5.58. The molecule has 1 aliphatic carbocycles. The Morgan fingerprint density at radius 3 is 2.08 bits per heavy atom. The fourth-order valence-corrected chi connectivity index (χ4v) is 0.975. The summed E-state index contributed by atoms with van der Waals surface area (Å²) in [6.45, 7) is 7.50. The number of ether oxygens (including phenoxy) is 1. The molecule has 0 N–H and O–H groups in total. The number of hydrogen-bond acceptors (Lipinski definition) is 1. The lowest BCUT2D eigenvalue weighted by Crippen LogP contribution is -2.25. The summed E-state index contributed by atoms with van der Waals surface area (Å²) in [5.41, 5.74) is 0. The predicted molar refractivity (Wildman–Crippen MR) is 49.8 cm³/mol. The average Bonchev–Trinajstić information content (AvgIpc) is 1.86. The van der Waals surface area contributed by atoms with E-state index in [4.69, 9.17) is 4.74 Å². The van der Waals surface area contributed by atoms with Gasteiger partial charge < -0.3 is 4.74 Å². The molecule has 0 unspecified atom stereocenters. The van der Waals surface area contributed by atoms with Crippen molar-refractivity contribution in [3.63, 3.8) is 0 Å². The molecular weight excluding hydrogens is 155 g/mol. The molecule has 2 heteroatoms. The standard InChI is InChI=1S/C8H15FO.C2H6/c1-8(2,9)10-6-7-4-3-5-7;1-2/h7H,3-6H2,1-2H3;1-2H3. The van der Waals surface area contributed by atoms with E-state index in [1.54, 1.807) is 0 Å². The van der Waals surface area contributed by atoms with Gasteiger partial charge in [-0.05, 0) is 32.6 Å². The van der Waals surface area contributed by atoms with Crippen molar-refractivity contribution in [2.45, 2.75) is 52.8 Å². The maximum atomic E-state index is 12.7. The third kappa shape index (κ3) is 5.53. The van der Waals surface area contributed by atoms with Crippen LogP contribution in [0.15, 0.2) is 0 Å². The Hall–Kier alpha value is -0.110. The van der Waals surface area contributed by atoms with Gasteiger partial charge in [0.2, 0.25) is 5.85 Å². The zero-order valence-corrected chi connectivity index (χ0v) is 8.69. The van der Waals surface area contributed by atoms with Crippen LogP contribution in [0.2, 0.25) is 0 Å². The van der Waals surface area contributed by atoms with Gasteiger partial charge in [0.05, 0.1) is 6.61 Å². The molecule has 0 heterocycles. The van der Waals surface area contributed by atoms with Gasteiger partial charge in [-0.3, -0.25) is 0 Å². The van der Waals surface area contributed by atoms with Crippen LogP contribution in [0.25, 0.3) is 0 Å². The highest BCUT2D eigenvalue weighted by atomic mass is 19.2. The molecule has 0 aliphatic heterocycles. The van der Waals surface area contributed by atoms with Crippen LogP contribution in [-0.2, 0) is 4.74 Å². The van der Waals surface area contributed by atoms with E-state index in [-0.39, 0.29) is 0 Å². The molecule has 0 aromatic heterocycles. The highest BCUT2D eigenvalue weighted by molar-refractivity contribution is 4.69. The van der Waals surface area contributed by atoms with Crippen LogP contribution in [0.4, 0.5) is 4.39 Å². The minimum absolute atomic E-state index is 0.601. The highest BCUT2D eigenvalue weighted by Gasteiger charge is 2.22. The third-order valence-corrected chi connectivity index (χ3v) is 1.89. The zero-order valence-electron chi connectivity index (χ0n) is 8.69. The van der Waals surface area contributed by atoms with Gasteiger partial charge in [0.1, 0.15) is 0 Å². The van der Waals surface area contributed by atoms with E-state index in [9.17, 15) is 4.39 Å². The van der Waals surface area contributed by atoms with Gasteiger partial charge in [-0.25, -0.2) is 4.39 Å². The lowest BCUT2D eigenvalue weighted by molar-refractivity contribution is -0.132. The molecule has 1 fully saturated rings. The van der Waals surface area contributed by atoms with Crippen LogP contribution in [0.3, 0.4) is 0 Å². The highest BCUT2D eigenvalue weighted by Crippen LogP contribution is 2.27. The lowest BCUT2D eigenvalue weighted by Gasteiger charge is -2.27. The number of hydrogen-bond donors (Lipinski definition) is 0. The summed E-state index contributed by atoms with van der Waals surface area (Å²) in [7, 11) is 0. The molecule has 1 saturated carbocycles. The first-order valence-corrected chi connectivity index (χ1v) is 4.91. The molecule has 0 amide bonds. The van der Waals surface area contributed by atoms with Crippen molar-refractivity contribution in [2.75, 3.05) is 6.61 Å². The van der Waals surface area contributed by atoms with E-state index in [0.717, 1.165) is 0 Å². The van der Waals surface area contributed by atoms with Crippen LogP contribution < -0.4 is 0 Å². The van der Waals surface area contributed by atoms with Crippen LogP contribution >= 0.6 is 0 Å². The van der Waals surface area contributed by atoms with Crippen molar-refractivity contribution in [1.82, 2.24) is 0 Å². The Morgan fingerprint density at radius 1 is 1.33 bits per heavy atom. The monoisotopic (exact) mass is 176 g/mol. The summed E-state index contributed by atoms with van der Waals surface area (Å²) in [5, 5.41) is 0. The number of rotatable bonds is 3. The first-order valence-electron chi connectivity index (χ1n) is 4.91. The SMILES string of the molecule is CC.CC(C)(F)OCC1CCC1. The Kier molecular flexibility index (Phi) is 5.47. The second-order valence-electron chi connectivity index (χ2n) is 3.47. The molecule has 1 aliphatic rings. The van der Waals surface area contributed by atoms with Crippen molar-refractivity contribution in [3.8, 4) is 0 Å². The summed E-state index contributed by atoms with van der Waals surface area (Å²) in [5.74, 6) is -0.801. The minimum Gasteiger partial charge on any atom is -0.346 e. The van der Waals surface area contributed by atoms with E-state index in [0.29, 0.717) is 12.5 Å². The van der Waals surface area contributed by atoms with E-state index in [2.05, 4.69) is 0 Å². The van der Waals surface area contributed by atoms with E-state index in [1.165, 1.54) is 33.1 Å². The Balaban J connectivity index is 0.000000561. The lowest BCUT2D eigenvalue weighted by atomic mass is 9.86. The van der Waals surface area contributed by atoms with Crippen molar-refractivity contribution >= 4 is 0 Å². The molecule has 0 aromatic carbocycles. The molecule has 74 valence electrons. The number of alkyl halides is 1. The summed E-state index contributed by atoms with van der Waals surface area (Å²) >= 11 is 0. The quantitative estimate of drug-likeness (QED) is 0.639. The van der Waals surface area contributed by atoms with Crippen LogP contribution in [-0.4, -0.2) is 12.5 Å². The van der Waals surface area contributed by atoms with Gasteiger partial charge in [0.25, 0.3) is 0 Å². The fraction of sp³-hybridized carbons (Fsp3) is 1.00. The fourth-order valence-electron chi connectivity index (χ4n) is 0.975. The van der Waals surface area contributed by atoms with E-state index in [1.807, 2.05) is 13.8 Å². The molecule has 0 spiro atoms. The van der Waals surface area contributed by atoms with Gasteiger partial charge in [-0.15, -0.1) is 0 Å². The van der Waals surface area contributed by atoms with E-state index < -0.39 is 5.85 Å². The minimum atomic E-state index is -1.43. The van der Waals surface area contributed by atoms with Crippen molar-refractivity contribution < 1.29 is 9.13 Å². The van der Waals surface area contributed by atoms with E-state index >= 15 is 0 Å². The second kappa shape index (κ2) is 5.52.